The smallest absolute Gasteiger partial charge is 0.139 e. The van der Waals surface area contributed by atoms with Crippen molar-refractivity contribution in [2.45, 2.75) is 19.3 Å². The van der Waals surface area contributed by atoms with Gasteiger partial charge in [-0.25, -0.2) is 0 Å². The van der Waals surface area contributed by atoms with Crippen LogP contribution in [-0.4, -0.2) is 12.5 Å². The van der Waals surface area contributed by atoms with Crippen molar-refractivity contribution in [1.29, 1.82) is 0 Å². The second-order valence-corrected chi connectivity index (χ2v) is 2.70. The number of hydrogen-bond acceptors (Lipinski definition) is 3. The fourth-order valence-corrected chi connectivity index (χ4v) is 1.43. The molecule has 0 saturated heterocycles. The van der Waals surface area contributed by atoms with Gasteiger partial charge in [0.05, 0.1) is 6.67 Å². The molecule has 3 nitrogen and oxygen atoms in total. The Morgan fingerprint density at radius 3 is 2.80 bits per heavy atom. The molecule has 3 heteroatoms. The van der Waals surface area contributed by atoms with Crippen LogP contribution in [0.1, 0.15) is 19.3 Å². The van der Waals surface area contributed by atoms with Crippen molar-refractivity contribution in [3.8, 4) is 0 Å². The summed E-state index contributed by atoms with van der Waals surface area (Å²) in [5, 5.41) is 6.33. The van der Waals surface area contributed by atoms with Gasteiger partial charge in [-0.2, -0.15) is 0 Å². The molecule has 0 atom stereocenters. The Balaban J connectivity index is 2.21. The highest BCUT2D eigenvalue weighted by Crippen LogP contribution is 2.20. The van der Waals surface area contributed by atoms with Crippen molar-refractivity contribution in [3.05, 3.63) is 11.4 Å². The molecule has 0 fully saturated rings. The standard InChI is InChI=1S/C7H10N2O/c10-5-1-2-6-7(3-5)9-4-8-6/h8-9H,1-4H2. The van der Waals surface area contributed by atoms with Gasteiger partial charge in [-0.1, -0.05) is 0 Å². The van der Waals surface area contributed by atoms with Gasteiger partial charge in [-0.3, -0.25) is 4.79 Å². The van der Waals surface area contributed by atoms with Gasteiger partial charge in [-0.05, 0) is 6.42 Å². The Bertz CT molecular complexity index is 208. The number of Topliss-reactive ketones (excluding diaryl/α,β-unsaturated/α-hetero) is 1. The zero-order chi connectivity index (χ0) is 6.97. The SMILES string of the molecule is O=C1CCC2=C(C1)NCN2. The second kappa shape index (κ2) is 2.01. The van der Waals surface area contributed by atoms with Crippen LogP contribution in [-0.2, 0) is 4.79 Å². The van der Waals surface area contributed by atoms with Crippen LogP contribution in [0, 0.1) is 0 Å². The predicted molar refractivity (Wildman–Crippen MR) is 37.0 cm³/mol. The summed E-state index contributed by atoms with van der Waals surface area (Å²) >= 11 is 0. The molecular weight excluding hydrogens is 128 g/mol. The number of carbonyl (C=O) groups excluding carboxylic acids is 1. The number of carbonyl (C=O) groups is 1. The molecule has 0 unspecified atom stereocenters. The summed E-state index contributed by atoms with van der Waals surface area (Å²) in [7, 11) is 0. The fraction of sp³-hybridized carbons (Fsp3) is 0.571. The zero-order valence-corrected chi connectivity index (χ0v) is 5.74. The predicted octanol–water partition coefficient (Wildman–Crippen LogP) is 0.101. The van der Waals surface area contributed by atoms with Crippen LogP contribution < -0.4 is 10.6 Å². The van der Waals surface area contributed by atoms with Crippen molar-refractivity contribution in [1.82, 2.24) is 10.6 Å². The van der Waals surface area contributed by atoms with E-state index in [-0.39, 0.29) is 0 Å². The lowest BCUT2D eigenvalue weighted by Gasteiger charge is -2.10. The van der Waals surface area contributed by atoms with Crippen LogP contribution in [0.15, 0.2) is 11.4 Å². The molecule has 10 heavy (non-hydrogen) atoms. The van der Waals surface area contributed by atoms with Crippen LogP contribution in [0.2, 0.25) is 0 Å². The van der Waals surface area contributed by atoms with Crippen LogP contribution in [0.5, 0.6) is 0 Å². The lowest BCUT2D eigenvalue weighted by atomic mass is 10.0. The number of hydrogen-bond donors (Lipinski definition) is 2. The molecule has 2 aliphatic rings. The summed E-state index contributed by atoms with van der Waals surface area (Å²) in [4.78, 5) is 10.9. The summed E-state index contributed by atoms with van der Waals surface area (Å²) in [6.07, 6.45) is 2.23. The third kappa shape index (κ3) is 0.781. The summed E-state index contributed by atoms with van der Waals surface area (Å²) in [6.45, 7) is 0.804. The Morgan fingerprint density at radius 1 is 1.10 bits per heavy atom. The maximum atomic E-state index is 10.9. The van der Waals surface area contributed by atoms with Gasteiger partial charge in [0, 0.05) is 24.2 Å². The van der Waals surface area contributed by atoms with E-state index in [1.54, 1.807) is 0 Å². The number of rotatable bonds is 0. The van der Waals surface area contributed by atoms with E-state index in [1.165, 1.54) is 5.70 Å². The first-order chi connectivity index (χ1) is 4.86. The van der Waals surface area contributed by atoms with Gasteiger partial charge in [0.15, 0.2) is 0 Å². The van der Waals surface area contributed by atoms with E-state index in [9.17, 15) is 4.79 Å². The van der Waals surface area contributed by atoms with Gasteiger partial charge < -0.3 is 10.6 Å². The first kappa shape index (κ1) is 5.77. The molecule has 2 rings (SSSR count). The average Bonchev–Trinajstić information content (AvgIpc) is 2.33. The maximum absolute atomic E-state index is 10.9. The first-order valence-electron chi connectivity index (χ1n) is 3.58. The molecular formula is C7H10N2O. The highest BCUT2D eigenvalue weighted by atomic mass is 16.1. The third-order valence-corrected chi connectivity index (χ3v) is 2.00. The molecule has 0 bridgehead atoms. The molecule has 0 saturated carbocycles. The van der Waals surface area contributed by atoms with E-state index in [4.69, 9.17) is 0 Å². The molecule has 0 aromatic rings. The third-order valence-electron chi connectivity index (χ3n) is 2.00. The minimum Gasteiger partial charge on any atom is -0.370 e. The Morgan fingerprint density at radius 2 is 1.90 bits per heavy atom. The van der Waals surface area contributed by atoms with E-state index in [2.05, 4.69) is 10.6 Å². The van der Waals surface area contributed by atoms with E-state index < -0.39 is 0 Å². The van der Waals surface area contributed by atoms with Crippen LogP contribution in [0.25, 0.3) is 0 Å². The van der Waals surface area contributed by atoms with Crippen LogP contribution >= 0.6 is 0 Å². The molecule has 0 aromatic carbocycles. The largest absolute Gasteiger partial charge is 0.370 e. The lowest BCUT2D eigenvalue weighted by molar-refractivity contribution is -0.118. The minimum absolute atomic E-state index is 0.356. The van der Waals surface area contributed by atoms with Gasteiger partial charge in [0.25, 0.3) is 0 Å². The van der Waals surface area contributed by atoms with Crippen molar-refractivity contribution in [2.24, 2.45) is 0 Å². The second-order valence-electron chi connectivity index (χ2n) is 2.70. The van der Waals surface area contributed by atoms with Crippen molar-refractivity contribution in [2.75, 3.05) is 6.67 Å². The Labute approximate surface area is 59.5 Å². The van der Waals surface area contributed by atoms with Gasteiger partial charge in [-0.15, -0.1) is 0 Å². The topological polar surface area (TPSA) is 41.1 Å². The first-order valence-corrected chi connectivity index (χ1v) is 3.58. The number of nitrogens with one attached hydrogen (secondary N) is 2. The summed E-state index contributed by atoms with van der Waals surface area (Å²) < 4.78 is 0. The van der Waals surface area contributed by atoms with E-state index in [0.717, 1.165) is 18.8 Å². The van der Waals surface area contributed by atoms with Crippen LogP contribution in [0.3, 0.4) is 0 Å². The average molecular weight is 138 g/mol. The quantitative estimate of drug-likeness (QED) is 0.499. The van der Waals surface area contributed by atoms with Crippen molar-refractivity contribution in [3.63, 3.8) is 0 Å². The zero-order valence-electron chi connectivity index (χ0n) is 5.74. The van der Waals surface area contributed by atoms with Crippen molar-refractivity contribution < 1.29 is 4.79 Å². The molecule has 0 spiro atoms. The molecule has 0 amide bonds. The highest BCUT2D eigenvalue weighted by molar-refractivity contribution is 5.82. The summed E-state index contributed by atoms with van der Waals surface area (Å²) in [5.41, 5.74) is 2.37. The monoisotopic (exact) mass is 138 g/mol. The molecule has 1 aliphatic heterocycles. The number of allylic oxidation sites excluding steroid dienone is 2. The highest BCUT2D eigenvalue weighted by Gasteiger charge is 2.21. The fourth-order valence-electron chi connectivity index (χ4n) is 1.43. The summed E-state index contributed by atoms with van der Waals surface area (Å²) in [6, 6.07) is 0. The van der Waals surface area contributed by atoms with Crippen molar-refractivity contribution >= 4 is 5.78 Å². The van der Waals surface area contributed by atoms with E-state index in [1.807, 2.05) is 0 Å². The van der Waals surface area contributed by atoms with Gasteiger partial charge in [0.2, 0.25) is 0 Å². The van der Waals surface area contributed by atoms with E-state index >= 15 is 0 Å². The minimum atomic E-state index is 0.356. The molecule has 0 aromatic heterocycles. The molecule has 1 aliphatic carbocycles. The maximum Gasteiger partial charge on any atom is 0.139 e. The molecule has 1 heterocycles. The molecule has 2 N–H and O–H groups in total. The Kier molecular flexibility index (Phi) is 1.16. The summed E-state index contributed by atoms with van der Waals surface area (Å²) in [5.74, 6) is 0.356. The van der Waals surface area contributed by atoms with Crippen LogP contribution in [0.4, 0.5) is 0 Å². The van der Waals surface area contributed by atoms with E-state index in [0.29, 0.717) is 18.6 Å². The molecule has 54 valence electrons. The van der Waals surface area contributed by atoms with Gasteiger partial charge in [0.1, 0.15) is 5.78 Å². The molecule has 0 radical (unpaired) electrons. The van der Waals surface area contributed by atoms with Gasteiger partial charge >= 0.3 is 0 Å². The lowest BCUT2D eigenvalue weighted by Crippen LogP contribution is -2.15. The normalized spacial score (nSPS) is 23.8. The number of ketones is 1. The Hall–Kier alpha value is -0.990.